The molecule has 0 atom stereocenters. The van der Waals surface area contributed by atoms with E-state index in [4.69, 9.17) is 0 Å². The summed E-state index contributed by atoms with van der Waals surface area (Å²) in [5, 5.41) is 6.01. The first kappa shape index (κ1) is 17.6. The fourth-order valence-corrected chi connectivity index (χ4v) is 2.66. The van der Waals surface area contributed by atoms with Gasteiger partial charge in [-0.05, 0) is 43.2 Å². The first-order valence-corrected chi connectivity index (χ1v) is 8.35. The molecule has 0 saturated carbocycles. The zero-order valence-corrected chi connectivity index (χ0v) is 14.7. The van der Waals surface area contributed by atoms with Gasteiger partial charge in [-0.1, -0.05) is 36.4 Å². The average Bonchev–Trinajstić information content (AvgIpc) is 2.64. The number of hydrogen-bond acceptors (Lipinski definition) is 3. The van der Waals surface area contributed by atoms with Crippen molar-refractivity contribution in [3.05, 3.63) is 89.0 Å². The number of nitrogens with zero attached hydrogens (tertiary/aromatic N) is 1. The molecule has 3 aromatic rings. The Morgan fingerprint density at radius 1 is 1.00 bits per heavy atom. The van der Waals surface area contributed by atoms with Crippen LogP contribution in [0, 0.1) is 19.7 Å². The molecule has 2 N–H and O–H groups in total. The molecule has 0 unspecified atom stereocenters. The van der Waals surface area contributed by atoms with Crippen LogP contribution in [0.15, 0.2) is 60.8 Å². The van der Waals surface area contributed by atoms with Crippen molar-refractivity contribution >= 4 is 17.3 Å². The van der Waals surface area contributed by atoms with Gasteiger partial charge < -0.3 is 10.6 Å². The molecule has 0 fully saturated rings. The van der Waals surface area contributed by atoms with Crippen molar-refractivity contribution in [2.45, 2.75) is 20.4 Å². The number of hydrogen-bond donors (Lipinski definition) is 2. The maximum absolute atomic E-state index is 13.6. The van der Waals surface area contributed by atoms with Crippen LogP contribution in [-0.2, 0) is 6.54 Å². The largest absolute Gasteiger partial charge is 0.380 e. The van der Waals surface area contributed by atoms with E-state index in [-0.39, 0.29) is 11.7 Å². The quantitative estimate of drug-likeness (QED) is 0.702. The van der Waals surface area contributed by atoms with E-state index in [9.17, 15) is 9.18 Å². The molecule has 1 aromatic heterocycles. The first-order chi connectivity index (χ1) is 12.5. The molecule has 26 heavy (non-hydrogen) atoms. The summed E-state index contributed by atoms with van der Waals surface area (Å²) in [7, 11) is 0. The lowest BCUT2D eigenvalue weighted by Crippen LogP contribution is -2.15. The van der Waals surface area contributed by atoms with Gasteiger partial charge in [-0.2, -0.15) is 0 Å². The van der Waals surface area contributed by atoms with E-state index in [2.05, 4.69) is 15.6 Å². The van der Waals surface area contributed by atoms with Crippen molar-refractivity contribution in [3.63, 3.8) is 0 Å². The summed E-state index contributed by atoms with van der Waals surface area (Å²) in [5.74, 6) is -0.513. The minimum absolute atomic E-state index is 0.252. The molecule has 1 amide bonds. The first-order valence-electron chi connectivity index (χ1n) is 8.35. The molecule has 5 heteroatoms. The molecule has 0 spiro atoms. The van der Waals surface area contributed by atoms with E-state index in [1.54, 1.807) is 36.5 Å². The number of pyridine rings is 1. The number of carbonyl (C=O) groups excluding carboxylic acids is 1. The van der Waals surface area contributed by atoms with Gasteiger partial charge in [0.2, 0.25) is 0 Å². The van der Waals surface area contributed by atoms with Gasteiger partial charge >= 0.3 is 0 Å². The third kappa shape index (κ3) is 4.06. The van der Waals surface area contributed by atoms with E-state index in [1.165, 1.54) is 6.07 Å². The van der Waals surface area contributed by atoms with Gasteiger partial charge in [0, 0.05) is 17.8 Å². The highest BCUT2D eigenvalue weighted by atomic mass is 19.1. The van der Waals surface area contributed by atoms with Crippen molar-refractivity contribution in [1.82, 2.24) is 4.98 Å². The highest BCUT2D eigenvalue weighted by Gasteiger charge is 2.11. The Bertz CT molecular complexity index is 903. The molecule has 132 valence electrons. The Labute approximate surface area is 152 Å². The maximum Gasteiger partial charge on any atom is 0.274 e. The van der Waals surface area contributed by atoms with Gasteiger partial charge in [0.25, 0.3) is 5.91 Å². The predicted molar refractivity (Wildman–Crippen MR) is 102 cm³/mol. The van der Waals surface area contributed by atoms with Crippen LogP contribution in [0.5, 0.6) is 0 Å². The monoisotopic (exact) mass is 349 g/mol. The number of carbonyl (C=O) groups is 1. The lowest BCUT2D eigenvalue weighted by Gasteiger charge is -2.11. The van der Waals surface area contributed by atoms with E-state index >= 15 is 0 Å². The van der Waals surface area contributed by atoms with Gasteiger partial charge in [0.05, 0.1) is 11.9 Å². The molecule has 3 rings (SSSR count). The normalized spacial score (nSPS) is 10.4. The van der Waals surface area contributed by atoms with Crippen LogP contribution >= 0.6 is 0 Å². The number of halogens is 1. The number of para-hydroxylation sites is 1. The fraction of sp³-hybridized carbons (Fsp3) is 0.143. The van der Waals surface area contributed by atoms with E-state index in [1.807, 2.05) is 32.0 Å². The van der Waals surface area contributed by atoms with Crippen molar-refractivity contribution in [1.29, 1.82) is 0 Å². The Morgan fingerprint density at radius 2 is 1.73 bits per heavy atom. The summed E-state index contributed by atoms with van der Waals surface area (Å²) >= 11 is 0. The molecule has 2 aromatic carbocycles. The van der Waals surface area contributed by atoms with Crippen LogP contribution in [0.3, 0.4) is 0 Å². The number of aromatic nitrogens is 1. The van der Waals surface area contributed by atoms with E-state index < -0.39 is 0 Å². The predicted octanol–water partition coefficient (Wildman–Crippen LogP) is 4.70. The Morgan fingerprint density at radius 3 is 2.38 bits per heavy atom. The van der Waals surface area contributed by atoms with Gasteiger partial charge in [0.1, 0.15) is 11.5 Å². The minimum atomic E-state index is -0.261. The molecule has 0 bridgehead atoms. The van der Waals surface area contributed by atoms with Crippen molar-refractivity contribution < 1.29 is 9.18 Å². The molecule has 0 aliphatic carbocycles. The van der Waals surface area contributed by atoms with Gasteiger partial charge in [0.15, 0.2) is 0 Å². The average molecular weight is 349 g/mol. The molecule has 0 radical (unpaired) electrons. The molecule has 0 saturated heterocycles. The molecule has 0 aliphatic heterocycles. The van der Waals surface area contributed by atoms with Crippen molar-refractivity contribution in [2.75, 3.05) is 10.6 Å². The van der Waals surface area contributed by atoms with E-state index in [0.29, 0.717) is 17.8 Å². The zero-order valence-electron chi connectivity index (χ0n) is 14.7. The summed E-state index contributed by atoms with van der Waals surface area (Å²) in [4.78, 5) is 16.6. The molecular formula is C21H20FN3O. The second-order valence-electron chi connectivity index (χ2n) is 6.10. The van der Waals surface area contributed by atoms with E-state index in [0.717, 1.165) is 22.5 Å². The number of benzene rings is 2. The van der Waals surface area contributed by atoms with Crippen LogP contribution in [0.2, 0.25) is 0 Å². The van der Waals surface area contributed by atoms with Crippen LogP contribution in [-0.4, -0.2) is 10.9 Å². The zero-order chi connectivity index (χ0) is 18.5. The van der Waals surface area contributed by atoms with Crippen molar-refractivity contribution in [3.8, 4) is 0 Å². The summed E-state index contributed by atoms with van der Waals surface area (Å²) in [6.45, 7) is 4.25. The number of nitrogens with one attached hydrogen (secondary N) is 2. The van der Waals surface area contributed by atoms with Gasteiger partial charge in [-0.3, -0.25) is 4.79 Å². The lowest BCUT2D eigenvalue weighted by atomic mass is 10.1. The molecule has 0 aliphatic rings. The number of anilines is 2. The number of rotatable bonds is 5. The van der Waals surface area contributed by atoms with Crippen LogP contribution in [0.1, 0.15) is 27.2 Å². The molecule has 4 nitrogen and oxygen atoms in total. The SMILES string of the molecule is Cc1cccc(C)c1NC(=O)c1ccc(NCc2ccccc2F)cn1. The smallest absolute Gasteiger partial charge is 0.274 e. The molecule has 1 heterocycles. The highest BCUT2D eigenvalue weighted by molar-refractivity contribution is 6.03. The van der Waals surface area contributed by atoms with Crippen LogP contribution in [0.25, 0.3) is 0 Å². The maximum atomic E-state index is 13.6. The summed E-state index contributed by atoms with van der Waals surface area (Å²) in [6.07, 6.45) is 1.57. The van der Waals surface area contributed by atoms with Gasteiger partial charge in [-0.25, -0.2) is 9.37 Å². The van der Waals surface area contributed by atoms with Crippen LogP contribution < -0.4 is 10.6 Å². The third-order valence-corrected chi connectivity index (χ3v) is 4.16. The third-order valence-electron chi connectivity index (χ3n) is 4.16. The standard InChI is InChI=1S/C21H20FN3O/c1-14-6-5-7-15(2)20(14)25-21(26)19-11-10-17(13-24-19)23-12-16-8-3-4-9-18(16)22/h3-11,13,23H,12H2,1-2H3,(H,25,26). The fourth-order valence-electron chi connectivity index (χ4n) is 2.66. The lowest BCUT2D eigenvalue weighted by molar-refractivity contribution is 0.102. The second kappa shape index (κ2) is 7.78. The highest BCUT2D eigenvalue weighted by Crippen LogP contribution is 2.20. The van der Waals surface area contributed by atoms with Crippen LogP contribution in [0.4, 0.5) is 15.8 Å². The topological polar surface area (TPSA) is 54.0 Å². The summed E-state index contributed by atoms with van der Waals surface area (Å²) in [5.41, 5.74) is 4.43. The second-order valence-corrected chi connectivity index (χ2v) is 6.10. The number of aryl methyl sites for hydroxylation is 2. The van der Waals surface area contributed by atoms with Crippen molar-refractivity contribution in [2.24, 2.45) is 0 Å². The van der Waals surface area contributed by atoms with Gasteiger partial charge in [-0.15, -0.1) is 0 Å². The molecular weight excluding hydrogens is 329 g/mol. The Kier molecular flexibility index (Phi) is 5.27. The Hall–Kier alpha value is -3.21. The summed E-state index contributed by atoms with van der Waals surface area (Å²) in [6, 6.07) is 15.9. The number of amides is 1. The minimum Gasteiger partial charge on any atom is -0.380 e. The summed E-state index contributed by atoms with van der Waals surface area (Å²) < 4.78 is 13.6. The Balaban J connectivity index is 1.65.